The number of hydrogen-bond acceptors (Lipinski definition) is 5. The fourth-order valence-corrected chi connectivity index (χ4v) is 2.96. The first-order valence-corrected chi connectivity index (χ1v) is 7.57. The Morgan fingerprint density at radius 3 is 2.67 bits per heavy atom. The predicted octanol–water partition coefficient (Wildman–Crippen LogP) is 0.979. The number of anilines is 1. The van der Waals surface area contributed by atoms with Gasteiger partial charge in [-0.1, -0.05) is 11.6 Å². The van der Waals surface area contributed by atoms with E-state index in [1.165, 1.54) is 4.68 Å². The number of aromatic nitrogens is 2. The van der Waals surface area contributed by atoms with Crippen molar-refractivity contribution < 1.29 is 4.74 Å². The van der Waals surface area contributed by atoms with Gasteiger partial charge in [-0.25, -0.2) is 4.68 Å². The molecule has 0 bridgehead atoms. The van der Waals surface area contributed by atoms with E-state index in [1.54, 1.807) is 13.2 Å². The van der Waals surface area contributed by atoms with Gasteiger partial charge in [0.25, 0.3) is 5.56 Å². The summed E-state index contributed by atoms with van der Waals surface area (Å²) in [5.41, 5.74) is 0.406. The Bertz CT molecular complexity index is 538. The SMILES string of the molecule is C[C@@H]1CN(CCN(C)c2cnn(C)c(=O)c2Cl)C[C@H](C)O1. The van der Waals surface area contributed by atoms with E-state index in [9.17, 15) is 4.79 Å². The number of morpholine rings is 1. The van der Waals surface area contributed by atoms with Gasteiger partial charge in [0.2, 0.25) is 0 Å². The molecule has 2 rings (SSSR count). The maximum absolute atomic E-state index is 11.8. The molecule has 0 unspecified atom stereocenters. The molecule has 2 atom stereocenters. The molecule has 118 valence electrons. The lowest BCUT2D eigenvalue weighted by molar-refractivity contribution is -0.0670. The van der Waals surface area contributed by atoms with Crippen LogP contribution in [0.5, 0.6) is 0 Å². The number of hydrogen-bond donors (Lipinski definition) is 0. The number of ether oxygens (including phenoxy) is 1. The molecule has 0 N–H and O–H groups in total. The number of aryl methyl sites for hydroxylation is 1. The van der Waals surface area contributed by atoms with Crippen molar-refractivity contribution in [2.24, 2.45) is 7.05 Å². The molecule has 7 heteroatoms. The molecule has 1 saturated heterocycles. The molecule has 0 saturated carbocycles. The van der Waals surface area contributed by atoms with Crippen LogP contribution in [0.4, 0.5) is 5.69 Å². The number of nitrogens with zero attached hydrogens (tertiary/aromatic N) is 4. The van der Waals surface area contributed by atoms with Crippen molar-refractivity contribution in [1.29, 1.82) is 0 Å². The van der Waals surface area contributed by atoms with Gasteiger partial charge in [0.1, 0.15) is 5.02 Å². The number of halogens is 1. The third-order valence-electron chi connectivity index (χ3n) is 3.72. The van der Waals surface area contributed by atoms with E-state index >= 15 is 0 Å². The first kappa shape index (κ1) is 16.3. The summed E-state index contributed by atoms with van der Waals surface area (Å²) < 4.78 is 6.97. The zero-order chi connectivity index (χ0) is 15.6. The van der Waals surface area contributed by atoms with Crippen LogP contribution >= 0.6 is 11.6 Å². The van der Waals surface area contributed by atoms with Gasteiger partial charge in [-0.15, -0.1) is 0 Å². The van der Waals surface area contributed by atoms with E-state index in [1.807, 2.05) is 11.9 Å². The van der Waals surface area contributed by atoms with E-state index < -0.39 is 0 Å². The van der Waals surface area contributed by atoms with Gasteiger partial charge in [-0.05, 0) is 13.8 Å². The van der Waals surface area contributed by atoms with E-state index in [-0.39, 0.29) is 22.8 Å². The van der Waals surface area contributed by atoms with Gasteiger partial charge in [0, 0.05) is 40.3 Å². The highest BCUT2D eigenvalue weighted by Crippen LogP contribution is 2.19. The number of likely N-dealkylation sites (N-methyl/N-ethyl adjacent to an activating group) is 1. The molecule has 1 aliphatic rings. The quantitative estimate of drug-likeness (QED) is 0.829. The molecule has 2 heterocycles. The highest BCUT2D eigenvalue weighted by Gasteiger charge is 2.22. The zero-order valence-electron chi connectivity index (χ0n) is 13.0. The van der Waals surface area contributed by atoms with E-state index in [0.29, 0.717) is 5.69 Å². The van der Waals surface area contributed by atoms with Crippen molar-refractivity contribution in [1.82, 2.24) is 14.7 Å². The van der Waals surface area contributed by atoms with Crippen LogP contribution in [0.25, 0.3) is 0 Å². The number of rotatable bonds is 4. The van der Waals surface area contributed by atoms with Gasteiger partial charge in [0.15, 0.2) is 0 Å². The van der Waals surface area contributed by atoms with Crippen LogP contribution in [0.3, 0.4) is 0 Å². The summed E-state index contributed by atoms with van der Waals surface area (Å²) in [5, 5.41) is 4.24. The topological polar surface area (TPSA) is 50.6 Å². The summed E-state index contributed by atoms with van der Waals surface area (Å²) in [5.74, 6) is 0. The second-order valence-electron chi connectivity index (χ2n) is 5.71. The molecule has 1 aliphatic heterocycles. The minimum atomic E-state index is -0.269. The Labute approximate surface area is 130 Å². The fraction of sp³-hybridized carbons (Fsp3) is 0.714. The summed E-state index contributed by atoms with van der Waals surface area (Å²) in [6, 6.07) is 0. The molecular weight excluding hydrogens is 292 g/mol. The first-order valence-electron chi connectivity index (χ1n) is 7.19. The Hall–Kier alpha value is -1.11. The van der Waals surface area contributed by atoms with Gasteiger partial charge in [-0.3, -0.25) is 9.69 Å². The molecule has 1 fully saturated rings. The average Bonchev–Trinajstić information content (AvgIpc) is 2.41. The van der Waals surface area contributed by atoms with Crippen molar-refractivity contribution in [2.45, 2.75) is 26.1 Å². The third-order valence-corrected chi connectivity index (χ3v) is 4.07. The van der Waals surface area contributed by atoms with Crippen LogP contribution in [0.2, 0.25) is 5.02 Å². The standard InChI is InChI=1S/C14H23ClN4O2/c1-10-8-19(9-11(2)21-10)6-5-17(3)12-7-16-18(4)14(20)13(12)15/h7,10-11H,5-6,8-9H2,1-4H3/t10-,11+. The zero-order valence-corrected chi connectivity index (χ0v) is 13.8. The van der Waals surface area contributed by atoms with Crippen LogP contribution < -0.4 is 10.5 Å². The summed E-state index contributed by atoms with van der Waals surface area (Å²) in [7, 11) is 3.52. The Morgan fingerprint density at radius 2 is 2.05 bits per heavy atom. The van der Waals surface area contributed by atoms with Crippen LogP contribution in [0.1, 0.15) is 13.8 Å². The van der Waals surface area contributed by atoms with Crippen molar-refractivity contribution in [3.05, 3.63) is 21.6 Å². The fourth-order valence-electron chi connectivity index (χ4n) is 2.65. The summed E-state index contributed by atoms with van der Waals surface area (Å²) in [6.45, 7) is 7.73. The summed E-state index contributed by atoms with van der Waals surface area (Å²) >= 11 is 6.11. The van der Waals surface area contributed by atoms with Crippen molar-refractivity contribution >= 4 is 17.3 Å². The van der Waals surface area contributed by atoms with Crippen LogP contribution in [-0.4, -0.2) is 60.1 Å². The minimum Gasteiger partial charge on any atom is -0.373 e. The van der Waals surface area contributed by atoms with Crippen molar-refractivity contribution in [2.75, 3.05) is 38.1 Å². The highest BCUT2D eigenvalue weighted by molar-refractivity contribution is 6.33. The van der Waals surface area contributed by atoms with Gasteiger partial charge >= 0.3 is 0 Å². The molecule has 21 heavy (non-hydrogen) atoms. The van der Waals surface area contributed by atoms with Crippen molar-refractivity contribution in [3.8, 4) is 0 Å². The van der Waals surface area contributed by atoms with Crippen LogP contribution in [0, 0.1) is 0 Å². The second-order valence-corrected chi connectivity index (χ2v) is 6.09. The average molecular weight is 315 g/mol. The largest absolute Gasteiger partial charge is 0.373 e. The van der Waals surface area contributed by atoms with E-state index in [0.717, 1.165) is 26.2 Å². The molecule has 0 spiro atoms. The van der Waals surface area contributed by atoms with E-state index in [4.69, 9.17) is 16.3 Å². The van der Waals surface area contributed by atoms with Crippen molar-refractivity contribution in [3.63, 3.8) is 0 Å². The maximum Gasteiger partial charge on any atom is 0.287 e. The maximum atomic E-state index is 11.8. The van der Waals surface area contributed by atoms with E-state index in [2.05, 4.69) is 23.8 Å². The Morgan fingerprint density at radius 1 is 1.43 bits per heavy atom. The third kappa shape index (κ3) is 3.96. The normalized spacial score (nSPS) is 23.3. The molecule has 0 aromatic carbocycles. The lowest BCUT2D eigenvalue weighted by Crippen LogP contribution is -2.47. The first-order chi connectivity index (χ1) is 9.88. The molecule has 1 aromatic rings. The van der Waals surface area contributed by atoms with Crippen LogP contribution in [0.15, 0.2) is 11.0 Å². The van der Waals surface area contributed by atoms with Gasteiger partial charge in [0.05, 0.1) is 24.1 Å². The minimum absolute atomic E-state index is 0.221. The smallest absolute Gasteiger partial charge is 0.287 e. The monoisotopic (exact) mass is 314 g/mol. The Balaban J connectivity index is 1.97. The lowest BCUT2D eigenvalue weighted by Gasteiger charge is -2.36. The second kappa shape index (κ2) is 6.77. The molecule has 0 radical (unpaired) electrons. The predicted molar refractivity (Wildman–Crippen MR) is 84.2 cm³/mol. The molecule has 6 nitrogen and oxygen atoms in total. The molecular formula is C14H23ClN4O2. The van der Waals surface area contributed by atoms with Gasteiger partial charge in [-0.2, -0.15) is 5.10 Å². The van der Waals surface area contributed by atoms with Gasteiger partial charge < -0.3 is 9.64 Å². The molecule has 1 aromatic heterocycles. The summed E-state index contributed by atoms with van der Waals surface area (Å²) in [6.07, 6.45) is 2.15. The Kier molecular flexibility index (Phi) is 5.24. The highest BCUT2D eigenvalue weighted by atomic mass is 35.5. The van der Waals surface area contributed by atoms with Crippen LogP contribution in [-0.2, 0) is 11.8 Å². The molecule has 0 amide bonds. The lowest BCUT2D eigenvalue weighted by atomic mass is 10.2. The summed E-state index contributed by atoms with van der Waals surface area (Å²) in [4.78, 5) is 16.1. The molecule has 0 aliphatic carbocycles.